The molecule has 0 aliphatic heterocycles. The van der Waals surface area contributed by atoms with Gasteiger partial charge in [-0.05, 0) is 36.8 Å². The molecule has 0 saturated carbocycles. The van der Waals surface area contributed by atoms with Crippen LogP contribution >= 0.6 is 11.6 Å². The van der Waals surface area contributed by atoms with E-state index in [4.69, 9.17) is 16.3 Å². The van der Waals surface area contributed by atoms with Crippen LogP contribution in [0.25, 0.3) is 0 Å². The SMILES string of the molecule is Cc1c(NC(=O)COc2ccc(S(=O)(=O)NCc3ccccc3)cc2Cl)cccc1[N+](=O)[O-]. The van der Waals surface area contributed by atoms with E-state index in [0.29, 0.717) is 5.56 Å². The third kappa shape index (κ3) is 6.28. The molecule has 172 valence electrons. The summed E-state index contributed by atoms with van der Waals surface area (Å²) in [7, 11) is -3.81. The topological polar surface area (TPSA) is 128 Å². The Balaban J connectivity index is 1.62. The lowest BCUT2D eigenvalue weighted by Crippen LogP contribution is -2.23. The second-order valence-electron chi connectivity index (χ2n) is 6.95. The molecular formula is C22H20ClN3O6S. The minimum absolute atomic E-state index is 0.0110. The molecule has 9 nitrogen and oxygen atoms in total. The third-order valence-corrected chi connectivity index (χ3v) is 6.35. The van der Waals surface area contributed by atoms with E-state index >= 15 is 0 Å². The van der Waals surface area contributed by atoms with Crippen LogP contribution in [0.1, 0.15) is 11.1 Å². The van der Waals surface area contributed by atoms with Crippen molar-refractivity contribution in [3.63, 3.8) is 0 Å². The summed E-state index contributed by atoms with van der Waals surface area (Å²) < 4.78 is 32.9. The van der Waals surface area contributed by atoms with Crippen LogP contribution in [0.5, 0.6) is 5.75 Å². The van der Waals surface area contributed by atoms with E-state index < -0.39 is 27.5 Å². The summed E-state index contributed by atoms with van der Waals surface area (Å²) in [6.45, 7) is 1.22. The van der Waals surface area contributed by atoms with Gasteiger partial charge in [0.2, 0.25) is 10.0 Å². The van der Waals surface area contributed by atoms with E-state index in [1.54, 1.807) is 12.1 Å². The molecule has 3 rings (SSSR count). The summed E-state index contributed by atoms with van der Waals surface area (Å²) >= 11 is 6.15. The zero-order chi connectivity index (χ0) is 24.0. The largest absolute Gasteiger partial charge is 0.482 e. The van der Waals surface area contributed by atoms with E-state index in [2.05, 4.69) is 10.0 Å². The van der Waals surface area contributed by atoms with Crippen LogP contribution in [0.4, 0.5) is 11.4 Å². The summed E-state index contributed by atoms with van der Waals surface area (Å²) in [5.74, 6) is -0.444. The number of benzene rings is 3. The molecule has 11 heteroatoms. The van der Waals surface area contributed by atoms with E-state index in [1.807, 2.05) is 18.2 Å². The number of carbonyl (C=O) groups is 1. The van der Waals surface area contributed by atoms with E-state index in [1.165, 1.54) is 43.3 Å². The Bertz CT molecular complexity index is 1280. The molecule has 0 saturated heterocycles. The first-order valence-electron chi connectivity index (χ1n) is 9.67. The van der Waals surface area contributed by atoms with Gasteiger partial charge in [-0.25, -0.2) is 13.1 Å². The van der Waals surface area contributed by atoms with E-state index in [9.17, 15) is 23.3 Å². The lowest BCUT2D eigenvalue weighted by atomic mass is 10.1. The summed E-state index contributed by atoms with van der Waals surface area (Å²) in [4.78, 5) is 22.7. The molecule has 0 aliphatic carbocycles. The summed E-state index contributed by atoms with van der Waals surface area (Å²) in [6.07, 6.45) is 0. The Kier molecular flexibility index (Phi) is 7.64. The summed E-state index contributed by atoms with van der Waals surface area (Å²) in [5.41, 5.74) is 1.29. The van der Waals surface area contributed by atoms with Crippen molar-refractivity contribution in [2.24, 2.45) is 0 Å². The number of hydrogen-bond donors (Lipinski definition) is 2. The van der Waals surface area contributed by atoms with Gasteiger partial charge in [0.25, 0.3) is 11.6 Å². The Labute approximate surface area is 195 Å². The number of rotatable bonds is 9. The van der Waals surface area contributed by atoms with Gasteiger partial charge in [-0.1, -0.05) is 48.0 Å². The van der Waals surface area contributed by atoms with Crippen LogP contribution in [0.2, 0.25) is 5.02 Å². The van der Waals surface area contributed by atoms with Gasteiger partial charge < -0.3 is 10.1 Å². The number of nitro benzene ring substituents is 1. The highest BCUT2D eigenvalue weighted by Gasteiger charge is 2.18. The Morgan fingerprint density at radius 1 is 1.09 bits per heavy atom. The first-order chi connectivity index (χ1) is 15.7. The van der Waals surface area contributed by atoms with Crippen molar-refractivity contribution in [3.05, 3.63) is 93.0 Å². The summed E-state index contributed by atoms with van der Waals surface area (Å²) in [5, 5.41) is 13.6. The Morgan fingerprint density at radius 3 is 2.48 bits per heavy atom. The standard InChI is InChI=1S/C22H20ClN3O6S/c1-15-19(8-5-9-20(15)26(28)29)25-22(27)14-32-21-11-10-17(12-18(21)23)33(30,31)24-13-16-6-3-2-4-7-16/h2-12,24H,13-14H2,1H3,(H,25,27). The maximum atomic E-state index is 12.5. The second kappa shape index (κ2) is 10.4. The molecule has 0 aromatic heterocycles. The van der Waals surface area contributed by atoms with Crippen LogP contribution in [0.3, 0.4) is 0 Å². The molecule has 3 aromatic rings. The molecular weight excluding hydrogens is 470 g/mol. The number of nitro groups is 1. The first kappa shape index (κ1) is 24.2. The van der Waals surface area contributed by atoms with Crippen LogP contribution in [0, 0.1) is 17.0 Å². The van der Waals surface area contributed by atoms with Gasteiger partial charge in [-0.3, -0.25) is 14.9 Å². The molecule has 0 atom stereocenters. The number of sulfonamides is 1. The number of amides is 1. The van der Waals surface area contributed by atoms with Gasteiger partial charge in [0, 0.05) is 12.6 Å². The molecule has 0 fully saturated rings. The number of halogens is 1. The number of ether oxygens (including phenoxy) is 1. The highest BCUT2D eigenvalue weighted by atomic mass is 35.5. The third-order valence-electron chi connectivity index (χ3n) is 4.66. The Morgan fingerprint density at radius 2 is 1.82 bits per heavy atom. The fourth-order valence-corrected chi connectivity index (χ4v) is 4.25. The zero-order valence-corrected chi connectivity index (χ0v) is 19.0. The predicted molar refractivity (Wildman–Crippen MR) is 124 cm³/mol. The van der Waals surface area contributed by atoms with Crippen molar-refractivity contribution in [2.45, 2.75) is 18.4 Å². The minimum atomic E-state index is -3.81. The number of nitrogens with zero attached hydrogens (tertiary/aromatic N) is 1. The van der Waals surface area contributed by atoms with E-state index in [-0.39, 0.29) is 33.6 Å². The highest BCUT2D eigenvalue weighted by molar-refractivity contribution is 7.89. The Hall–Kier alpha value is -3.47. The van der Waals surface area contributed by atoms with Crippen molar-refractivity contribution >= 4 is 38.9 Å². The van der Waals surface area contributed by atoms with Crippen molar-refractivity contribution in [2.75, 3.05) is 11.9 Å². The van der Waals surface area contributed by atoms with Crippen LogP contribution in [-0.2, 0) is 21.4 Å². The van der Waals surface area contributed by atoms with Gasteiger partial charge in [-0.2, -0.15) is 0 Å². The first-order valence-corrected chi connectivity index (χ1v) is 11.5. The van der Waals surface area contributed by atoms with Gasteiger partial charge >= 0.3 is 0 Å². The number of nitrogens with one attached hydrogen (secondary N) is 2. The number of hydrogen-bond acceptors (Lipinski definition) is 6. The molecule has 1 amide bonds. The summed E-state index contributed by atoms with van der Waals surface area (Å²) in [6, 6.07) is 17.3. The monoisotopic (exact) mass is 489 g/mol. The maximum Gasteiger partial charge on any atom is 0.274 e. The van der Waals surface area contributed by atoms with E-state index in [0.717, 1.165) is 5.56 Å². The quantitative estimate of drug-likeness (QED) is 0.344. The lowest BCUT2D eigenvalue weighted by Gasteiger charge is -2.12. The average Bonchev–Trinajstić information content (AvgIpc) is 2.79. The van der Waals surface area contributed by atoms with Gasteiger partial charge in [0.05, 0.1) is 26.1 Å². The fourth-order valence-electron chi connectivity index (χ4n) is 2.91. The molecule has 33 heavy (non-hydrogen) atoms. The average molecular weight is 490 g/mol. The zero-order valence-electron chi connectivity index (χ0n) is 17.4. The van der Waals surface area contributed by atoms with Crippen molar-refractivity contribution in [3.8, 4) is 5.75 Å². The molecule has 0 bridgehead atoms. The van der Waals surface area contributed by atoms with Gasteiger partial charge in [0.1, 0.15) is 5.75 Å². The van der Waals surface area contributed by atoms with Gasteiger partial charge in [0.15, 0.2) is 6.61 Å². The smallest absolute Gasteiger partial charge is 0.274 e. The molecule has 0 unspecified atom stereocenters. The fraction of sp³-hybridized carbons (Fsp3) is 0.136. The van der Waals surface area contributed by atoms with Crippen molar-refractivity contribution in [1.29, 1.82) is 0 Å². The predicted octanol–water partition coefficient (Wildman–Crippen LogP) is 4.05. The van der Waals surface area contributed by atoms with Crippen LogP contribution in [0.15, 0.2) is 71.6 Å². The molecule has 0 heterocycles. The molecule has 2 N–H and O–H groups in total. The molecule has 0 aliphatic rings. The van der Waals surface area contributed by atoms with Crippen molar-refractivity contribution < 1.29 is 22.9 Å². The lowest BCUT2D eigenvalue weighted by molar-refractivity contribution is -0.385. The second-order valence-corrected chi connectivity index (χ2v) is 9.12. The maximum absolute atomic E-state index is 12.5. The molecule has 0 spiro atoms. The minimum Gasteiger partial charge on any atom is -0.482 e. The molecule has 3 aromatic carbocycles. The highest BCUT2D eigenvalue weighted by Crippen LogP contribution is 2.28. The molecule has 0 radical (unpaired) electrons. The normalized spacial score (nSPS) is 11.1. The number of carbonyl (C=O) groups excluding carboxylic acids is 1. The number of anilines is 1. The van der Waals surface area contributed by atoms with Crippen LogP contribution in [-0.4, -0.2) is 25.9 Å². The van der Waals surface area contributed by atoms with Crippen molar-refractivity contribution in [1.82, 2.24) is 4.72 Å². The van der Waals surface area contributed by atoms with Crippen LogP contribution < -0.4 is 14.8 Å². The van der Waals surface area contributed by atoms with Gasteiger partial charge in [-0.15, -0.1) is 0 Å².